The first-order valence-corrected chi connectivity index (χ1v) is 9.03. The number of carbonyl (C=O) groups excluding carboxylic acids is 2. The minimum Gasteiger partial charge on any atom is -0.494 e. The number of nitrogens with one attached hydrogen (secondary N) is 2. The van der Waals surface area contributed by atoms with E-state index < -0.39 is 0 Å². The zero-order chi connectivity index (χ0) is 19.6. The molecule has 0 aliphatic heterocycles. The topological polar surface area (TPSA) is 79.8 Å². The molecule has 0 radical (unpaired) electrons. The largest absolute Gasteiger partial charge is 0.494 e. The van der Waals surface area contributed by atoms with Gasteiger partial charge in [0.25, 0.3) is 0 Å². The maximum absolute atomic E-state index is 11.9. The van der Waals surface area contributed by atoms with Gasteiger partial charge in [-0.1, -0.05) is 29.3 Å². The second-order valence-electron chi connectivity index (χ2n) is 5.46. The molecule has 0 heterocycles. The van der Waals surface area contributed by atoms with Crippen LogP contribution in [0.2, 0.25) is 10.0 Å². The lowest BCUT2D eigenvalue weighted by Crippen LogP contribution is -2.20. The Labute approximate surface area is 167 Å². The molecule has 0 bridgehead atoms. The standard InChI is InChI=1S/C19H19Cl2N3O3/c1-2-27-16-7-5-15(6-8-16)23-18(25)9-10-19(26)24-22-12-13-3-4-14(20)11-17(13)21/h3-8,11-12H,2,9-10H2,1H3,(H,23,25)(H,24,26). The van der Waals surface area contributed by atoms with E-state index in [1.807, 2.05) is 6.92 Å². The van der Waals surface area contributed by atoms with E-state index in [9.17, 15) is 9.59 Å². The highest BCUT2D eigenvalue weighted by molar-refractivity contribution is 6.36. The van der Waals surface area contributed by atoms with Crippen molar-refractivity contribution in [1.82, 2.24) is 5.43 Å². The smallest absolute Gasteiger partial charge is 0.240 e. The normalized spacial score (nSPS) is 10.6. The molecule has 2 N–H and O–H groups in total. The molecule has 2 amide bonds. The summed E-state index contributed by atoms with van der Waals surface area (Å²) in [6.45, 7) is 2.47. The fraction of sp³-hybridized carbons (Fsp3) is 0.211. The summed E-state index contributed by atoms with van der Waals surface area (Å²) in [5.74, 6) is 0.0887. The van der Waals surface area contributed by atoms with Gasteiger partial charge in [0.1, 0.15) is 5.75 Å². The lowest BCUT2D eigenvalue weighted by Gasteiger charge is -2.07. The van der Waals surface area contributed by atoms with Crippen LogP contribution in [0.25, 0.3) is 0 Å². The average molecular weight is 408 g/mol. The number of anilines is 1. The molecule has 0 saturated carbocycles. The van der Waals surface area contributed by atoms with E-state index in [1.54, 1.807) is 42.5 Å². The number of rotatable bonds is 8. The summed E-state index contributed by atoms with van der Waals surface area (Å²) < 4.78 is 5.33. The average Bonchev–Trinajstić information content (AvgIpc) is 2.64. The molecule has 0 unspecified atom stereocenters. The Bertz CT molecular complexity index is 823. The van der Waals surface area contributed by atoms with Gasteiger partial charge in [-0.05, 0) is 43.3 Å². The molecule has 0 spiro atoms. The molecular weight excluding hydrogens is 389 g/mol. The van der Waals surface area contributed by atoms with Crippen LogP contribution in [0.3, 0.4) is 0 Å². The third-order valence-electron chi connectivity index (χ3n) is 3.38. The maximum atomic E-state index is 11.9. The second kappa shape index (κ2) is 10.5. The predicted octanol–water partition coefficient (Wildman–Crippen LogP) is 4.26. The summed E-state index contributed by atoms with van der Waals surface area (Å²) >= 11 is 11.8. The number of hydrogen-bond acceptors (Lipinski definition) is 4. The van der Waals surface area contributed by atoms with Crippen LogP contribution in [-0.2, 0) is 9.59 Å². The molecule has 0 fully saturated rings. The summed E-state index contributed by atoms with van der Waals surface area (Å²) in [6.07, 6.45) is 1.46. The fourth-order valence-electron chi connectivity index (χ4n) is 2.09. The molecule has 0 atom stereocenters. The Kier molecular flexibility index (Phi) is 8.10. The highest BCUT2D eigenvalue weighted by atomic mass is 35.5. The summed E-state index contributed by atoms with van der Waals surface area (Å²) in [5, 5.41) is 7.48. The number of hydrogen-bond donors (Lipinski definition) is 2. The lowest BCUT2D eigenvalue weighted by molar-refractivity contribution is -0.124. The van der Waals surface area contributed by atoms with Crippen LogP contribution in [0.5, 0.6) is 5.75 Å². The van der Waals surface area contributed by atoms with Crippen molar-refractivity contribution in [2.45, 2.75) is 19.8 Å². The van der Waals surface area contributed by atoms with Crippen LogP contribution in [-0.4, -0.2) is 24.6 Å². The molecule has 0 aromatic heterocycles. The first-order chi connectivity index (χ1) is 13.0. The summed E-state index contributed by atoms with van der Waals surface area (Å²) in [6, 6.07) is 11.9. The van der Waals surface area contributed by atoms with Gasteiger partial charge in [-0.15, -0.1) is 0 Å². The molecule has 2 rings (SSSR count). The minimum absolute atomic E-state index is 0.00848. The van der Waals surface area contributed by atoms with Crippen molar-refractivity contribution < 1.29 is 14.3 Å². The monoisotopic (exact) mass is 407 g/mol. The Morgan fingerprint density at radius 2 is 1.78 bits per heavy atom. The van der Waals surface area contributed by atoms with Gasteiger partial charge in [-0.2, -0.15) is 5.10 Å². The van der Waals surface area contributed by atoms with Crippen molar-refractivity contribution in [3.05, 3.63) is 58.1 Å². The van der Waals surface area contributed by atoms with Gasteiger partial charge < -0.3 is 10.1 Å². The molecule has 2 aromatic carbocycles. The lowest BCUT2D eigenvalue weighted by atomic mass is 10.2. The zero-order valence-electron chi connectivity index (χ0n) is 14.7. The molecule has 2 aromatic rings. The highest BCUT2D eigenvalue weighted by Gasteiger charge is 2.07. The predicted molar refractivity (Wildman–Crippen MR) is 108 cm³/mol. The van der Waals surface area contributed by atoms with Crippen LogP contribution in [0.4, 0.5) is 5.69 Å². The third kappa shape index (κ3) is 7.29. The van der Waals surface area contributed by atoms with Crippen molar-refractivity contribution in [2.75, 3.05) is 11.9 Å². The van der Waals surface area contributed by atoms with Gasteiger partial charge >= 0.3 is 0 Å². The minimum atomic E-state index is -0.377. The molecule has 8 heteroatoms. The van der Waals surface area contributed by atoms with Crippen molar-refractivity contribution in [3.63, 3.8) is 0 Å². The fourth-order valence-corrected chi connectivity index (χ4v) is 2.54. The van der Waals surface area contributed by atoms with Gasteiger partial charge in [0.05, 0.1) is 17.8 Å². The van der Waals surface area contributed by atoms with E-state index in [-0.39, 0.29) is 24.7 Å². The second-order valence-corrected chi connectivity index (χ2v) is 6.31. The summed E-state index contributed by atoms with van der Waals surface area (Å²) in [4.78, 5) is 23.7. The van der Waals surface area contributed by atoms with E-state index in [0.717, 1.165) is 5.75 Å². The van der Waals surface area contributed by atoms with Crippen molar-refractivity contribution >= 4 is 46.9 Å². The zero-order valence-corrected chi connectivity index (χ0v) is 16.2. The van der Waals surface area contributed by atoms with Crippen molar-refractivity contribution in [3.8, 4) is 5.75 Å². The Hall–Kier alpha value is -2.57. The Balaban J connectivity index is 1.74. The number of benzene rings is 2. The summed E-state index contributed by atoms with van der Waals surface area (Å²) in [7, 11) is 0. The number of amides is 2. The highest BCUT2D eigenvalue weighted by Crippen LogP contribution is 2.19. The van der Waals surface area contributed by atoms with Crippen LogP contribution in [0.15, 0.2) is 47.6 Å². The number of carbonyl (C=O) groups is 2. The van der Waals surface area contributed by atoms with E-state index in [1.165, 1.54) is 6.21 Å². The van der Waals surface area contributed by atoms with Gasteiger partial charge in [0.2, 0.25) is 11.8 Å². The van der Waals surface area contributed by atoms with Gasteiger partial charge in [0.15, 0.2) is 0 Å². The third-order valence-corrected chi connectivity index (χ3v) is 3.95. The number of ether oxygens (including phenoxy) is 1. The van der Waals surface area contributed by atoms with Crippen LogP contribution in [0, 0.1) is 0 Å². The summed E-state index contributed by atoms with van der Waals surface area (Å²) in [5.41, 5.74) is 3.61. The number of halogens is 2. The van der Waals surface area contributed by atoms with Crippen LogP contribution < -0.4 is 15.5 Å². The van der Waals surface area contributed by atoms with E-state index in [0.29, 0.717) is 27.9 Å². The number of nitrogens with zero attached hydrogens (tertiary/aromatic N) is 1. The van der Waals surface area contributed by atoms with Gasteiger partial charge in [-0.3, -0.25) is 9.59 Å². The molecule has 0 aliphatic carbocycles. The SMILES string of the molecule is CCOc1ccc(NC(=O)CCC(=O)NN=Cc2ccc(Cl)cc2Cl)cc1. The maximum Gasteiger partial charge on any atom is 0.240 e. The van der Waals surface area contributed by atoms with Gasteiger partial charge in [0, 0.05) is 29.1 Å². The Morgan fingerprint density at radius 3 is 2.44 bits per heavy atom. The van der Waals surface area contributed by atoms with Crippen LogP contribution in [0.1, 0.15) is 25.3 Å². The molecule has 142 valence electrons. The first kappa shape index (κ1) is 20.7. The molecule has 6 nitrogen and oxygen atoms in total. The molecule has 0 saturated heterocycles. The van der Waals surface area contributed by atoms with Crippen molar-refractivity contribution in [1.29, 1.82) is 0 Å². The van der Waals surface area contributed by atoms with Gasteiger partial charge in [-0.25, -0.2) is 5.43 Å². The van der Waals surface area contributed by atoms with E-state index in [4.69, 9.17) is 27.9 Å². The number of hydrazone groups is 1. The quantitative estimate of drug-likeness (QED) is 0.506. The van der Waals surface area contributed by atoms with E-state index >= 15 is 0 Å². The van der Waals surface area contributed by atoms with E-state index in [2.05, 4.69) is 15.8 Å². The molecule has 0 aliphatic rings. The Morgan fingerprint density at radius 1 is 1.07 bits per heavy atom. The molecule has 27 heavy (non-hydrogen) atoms. The molecular formula is C19H19Cl2N3O3. The van der Waals surface area contributed by atoms with Crippen LogP contribution >= 0.6 is 23.2 Å². The van der Waals surface area contributed by atoms with Crippen molar-refractivity contribution in [2.24, 2.45) is 5.10 Å². The first-order valence-electron chi connectivity index (χ1n) is 8.27.